The summed E-state index contributed by atoms with van der Waals surface area (Å²) >= 11 is 0. The molecule has 0 spiro atoms. The van der Waals surface area contributed by atoms with E-state index in [1.54, 1.807) is 6.20 Å². The van der Waals surface area contributed by atoms with E-state index in [1.807, 2.05) is 24.4 Å². The highest BCUT2D eigenvalue weighted by atomic mass is 16.1. The Bertz CT molecular complexity index is 1660. The van der Waals surface area contributed by atoms with E-state index >= 15 is 0 Å². The van der Waals surface area contributed by atoms with Crippen LogP contribution in [0.2, 0.25) is 0 Å². The summed E-state index contributed by atoms with van der Waals surface area (Å²) in [6.45, 7) is 4.06. The van der Waals surface area contributed by atoms with E-state index in [9.17, 15) is 4.79 Å². The normalized spacial score (nSPS) is 16.9. The highest BCUT2D eigenvalue weighted by Crippen LogP contribution is 2.33. The molecule has 1 aliphatic carbocycles. The first-order valence-electron chi connectivity index (χ1n) is 13.8. The van der Waals surface area contributed by atoms with Gasteiger partial charge in [-0.3, -0.25) is 14.9 Å². The van der Waals surface area contributed by atoms with Crippen molar-refractivity contribution in [1.82, 2.24) is 30.0 Å². The van der Waals surface area contributed by atoms with Crippen molar-refractivity contribution in [1.29, 1.82) is 0 Å². The molecule has 5 aromatic rings. The van der Waals surface area contributed by atoms with Crippen LogP contribution in [0.3, 0.4) is 0 Å². The van der Waals surface area contributed by atoms with Gasteiger partial charge in [0.2, 0.25) is 5.91 Å². The number of pyridine rings is 1. The number of H-pyrrole nitrogens is 2. The molecule has 2 aromatic carbocycles. The largest absolute Gasteiger partial charge is 0.367 e. The highest BCUT2D eigenvalue weighted by molar-refractivity contribution is 5.98. The number of carbonyl (C=O) groups excluding carboxylic acids is 1. The Kier molecular flexibility index (Phi) is 6.00. The van der Waals surface area contributed by atoms with Crippen LogP contribution in [0, 0.1) is 5.92 Å². The molecule has 2 aliphatic rings. The van der Waals surface area contributed by atoms with Crippen LogP contribution in [0.25, 0.3) is 44.6 Å². The van der Waals surface area contributed by atoms with E-state index in [4.69, 9.17) is 4.98 Å². The molecule has 3 N–H and O–H groups in total. The van der Waals surface area contributed by atoms with Gasteiger partial charge in [0, 0.05) is 49.2 Å². The van der Waals surface area contributed by atoms with Gasteiger partial charge in [-0.2, -0.15) is 5.10 Å². The number of rotatable bonds is 5. The molecule has 9 heteroatoms. The number of imidazole rings is 1. The molecule has 39 heavy (non-hydrogen) atoms. The molecule has 198 valence electrons. The van der Waals surface area contributed by atoms with Crippen molar-refractivity contribution in [3.63, 3.8) is 0 Å². The lowest BCUT2D eigenvalue weighted by Gasteiger charge is -2.34. The number of piperazine rings is 1. The molecule has 9 nitrogen and oxygen atoms in total. The summed E-state index contributed by atoms with van der Waals surface area (Å²) in [7, 11) is 2.17. The molecular weight excluding hydrogens is 488 g/mol. The maximum Gasteiger partial charge on any atom is 0.227 e. The molecule has 2 fully saturated rings. The fraction of sp³-hybridized carbons (Fsp3) is 0.333. The van der Waals surface area contributed by atoms with Crippen LogP contribution >= 0.6 is 0 Å². The average molecular weight is 521 g/mol. The summed E-state index contributed by atoms with van der Waals surface area (Å²) in [6.07, 6.45) is 7.74. The zero-order chi connectivity index (χ0) is 26.3. The van der Waals surface area contributed by atoms with Crippen molar-refractivity contribution in [3.8, 4) is 22.6 Å². The minimum atomic E-state index is 0.0971. The molecule has 1 saturated carbocycles. The third-order valence-electron chi connectivity index (χ3n) is 8.19. The average Bonchev–Trinajstić information content (AvgIpc) is 3.73. The monoisotopic (exact) mass is 520 g/mol. The second-order valence-electron chi connectivity index (χ2n) is 10.8. The van der Waals surface area contributed by atoms with Crippen LogP contribution in [0.15, 0.2) is 54.9 Å². The number of hydrogen-bond acceptors (Lipinski definition) is 6. The molecule has 0 atom stereocenters. The lowest BCUT2D eigenvalue weighted by molar-refractivity contribution is -0.119. The number of aromatic amines is 2. The SMILES string of the molecule is CN1CCN(c2cccc3[nH]c(-c4n[nH]c5ccc(-c6cncc(NC(=O)C7CCCC7)c6)cc45)nc23)CC1. The number of aromatic nitrogens is 5. The predicted octanol–water partition coefficient (Wildman–Crippen LogP) is 5.05. The van der Waals surface area contributed by atoms with Crippen molar-refractivity contribution in [2.75, 3.05) is 43.4 Å². The molecule has 0 bridgehead atoms. The minimum absolute atomic E-state index is 0.0971. The predicted molar refractivity (Wildman–Crippen MR) is 155 cm³/mol. The second kappa shape index (κ2) is 9.81. The standard InChI is InChI=1S/C30H32N8O/c1-37-11-13-38(14-12-37)26-8-4-7-25-28(26)34-29(33-25)27-23-16-20(9-10-24(23)35-36-27)21-15-22(18-31-17-21)32-30(39)19-5-2-3-6-19/h4,7-10,15-19H,2-3,5-6,11-14H2,1H3,(H,32,39)(H,33,34)(H,35,36). The third-order valence-corrected chi connectivity index (χ3v) is 8.19. The zero-order valence-electron chi connectivity index (χ0n) is 22.1. The van der Waals surface area contributed by atoms with Crippen LogP contribution in [0.5, 0.6) is 0 Å². The number of carbonyl (C=O) groups is 1. The number of anilines is 2. The molecule has 7 rings (SSSR count). The molecule has 0 radical (unpaired) electrons. The third kappa shape index (κ3) is 4.52. The number of fused-ring (bicyclic) bond motifs is 2. The fourth-order valence-electron chi connectivity index (χ4n) is 5.90. The van der Waals surface area contributed by atoms with Gasteiger partial charge in [-0.05, 0) is 55.8 Å². The van der Waals surface area contributed by atoms with Crippen molar-refractivity contribution in [2.45, 2.75) is 25.7 Å². The quantitative estimate of drug-likeness (QED) is 0.300. The number of likely N-dealkylation sites (N-methyl/N-ethyl adjacent to an activating group) is 1. The Morgan fingerprint density at radius 3 is 2.67 bits per heavy atom. The molecule has 1 amide bonds. The maximum atomic E-state index is 12.7. The van der Waals surface area contributed by atoms with E-state index < -0.39 is 0 Å². The van der Waals surface area contributed by atoms with E-state index in [1.165, 1.54) is 0 Å². The Morgan fingerprint density at radius 1 is 0.974 bits per heavy atom. The first-order valence-corrected chi connectivity index (χ1v) is 13.8. The van der Waals surface area contributed by atoms with Crippen LogP contribution in [-0.4, -0.2) is 69.2 Å². The van der Waals surface area contributed by atoms with Gasteiger partial charge < -0.3 is 20.1 Å². The molecule has 4 heterocycles. The van der Waals surface area contributed by atoms with Gasteiger partial charge in [0.15, 0.2) is 5.82 Å². The van der Waals surface area contributed by atoms with Crippen LogP contribution in [0.1, 0.15) is 25.7 Å². The molecule has 1 aliphatic heterocycles. The summed E-state index contributed by atoms with van der Waals surface area (Å²) in [4.78, 5) is 30.4. The lowest BCUT2D eigenvalue weighted by atomic mass is 10.0. The first-order chi connectivity index (χ1) is 19.1. The van der Waals surface area contributed by atoms with E-state index in [0.29, 0.717) is 0 Å². The topological polar surface area (TPSA) is 106 Å². The Hall–Kier alpha value is -4.24. The molecule has 3 aromatic heterocycles. The highest BCUT2D eigenvalue weighted by Gasteiger charge is 2.23. The van der Waals surface area contributed by atoms with Crippen molar-refractivity contribution >= 4 is 39.2 Å². The van der Waals surface area contributed by atoms with Crippen LogP contribution < -0.4 is 10.2 Å². The zero-order valence-corrected chi connectivity index (χ0v) is 22.1. The van der Waals surface area contributed by atoms with Gasteiger partial charge in [0.25, 0.3) is 0 Å². The summed E-state index contributed by atoms with van der Waals surface area (Å²) < 4.78 is 0. The Balaban J connectivity index is 1.21. The minimum Gasteiger partial charge on any atom is -0.367 e. The lowest BCUT2D eigenvalue weighted by Crippen LogP contribution is -2.44. The summed E-state index contributed by atoms with van der Waals surface area (Å²) in [5.41, 5.74) is 7.52. The smallest absolute Gasteiger partial charge is 0.227 e. The number of hydrogen-bond donors (Lipinski definition) is 3. The van der Waals surface area contributed by atoms with Gasteiger partial charge in [-0.15, -0.1) is 0 Å². The summed E-state index contributed by atoms with van der Waals surface area (Å²) in [5.74, 6) is 0.949. The van der Waals surface area contributed by atoms with Gasteiger partial charge in [0.1, 0.15) is 11.2 Å². The number of nitrogens with one attached hydrogen (secondary N) is 3. The number of nitrogens with zero attached hydrogens (tertiary/aromatic N) is 5. The van der Waals surface area contributed by atoms with E-state index in [2.05, 4.69) is 66.6 Å². The van der Waals surface area contributed by atoms with E-state index in [-0.39, 0.29) is 11.8 Å². The Labute approximate surface area is 226 Å². The second-order valence-corrected chi connectivity index (χ2v) is 10.8. The number of para-hydroxylation sites is 1. The summed E-state index contributed by atoms with van der Waals surface area (Å²) in [5, 5.41) is 11.9. The van der Waals surface area contributed by atoms with E-state index in [0.717, 1.165) is 108 Å². The van der Waals surface area contributed by atoms with Crippen molar-refractivity contribution in [2.24, 2.45) is 5.92 Å². The maximum absolute atomic E-state index is 12.7. The fourth-order valence-corrected chi connectivity index (χ4v) is 5.90. The summed E-state index contributed by atoms with van der Waals surface area (Å²) in [6, 6.07) is 14.5. The first kappa shape index (κ1) is 23.8. The molecular formula is C30H32N8O. The van der Waals surface area contributed by atoms with Crippen molar-refractivity contribution in [3.05, 3.63) is 54.9 Å². The van der Waals surface area contributed by atoms with Gasteiger partial charge >= 0.3 is 0 Å². The van der Waals surface area contributed by atoms with Gasteiger partial charge in [0.05, 0.1) is 28.6 Å². The van der Waals surface area contributed by atoms with Crippen LogP contribution in [0.4, 0.5) is 11.4 Å². The molecule has 1 saturated heterocycles. The van der Waals surface area contributed by atoms with Gasteiger partial charge in [-0.25, -0.2) is 4.98 Å². The van der Waals surface area contributed by atoms with Gasteiger partial charge in [-0.1, -0.05) is 25.0 Å². The Morgan fingerprint density at radius 2 is 1.82 bits per heavy atom. The number of benzene rings is 2. The number of amides is 1. The van der Waals surface area contributed by atoms with Crippen LogP contribution in [-0.2, 0) is 4.79 Å². The molecule has 0 unspecified atom stereocenters. The van der Waals surface area contributed by atoms with Crippen molar-refractivity contribution < 1.29 is 4.79 Å².